The van der Waals surface area contributed by atoms with Crippen LogP contribution in [0.15, 0.2) is 29.1 Å². The Morgan fingerprint density at radius 1 is 1.29 bits per heavy atom. The van der Waals surface area contributed by atoms with Crippen molar-refractivity contribution in [2.75, 3.05) is 11.9 Å². The Balaban J connectivity index is 1.98. The molecule has 0 aliphatic rings. The van der Waals surface area contributed by atoms with Crippen LogP contribution >= 0.6 is 0 Å². The molecule has 3 heterocycles. The SMILES string of the molecule is Cc1c(C)n(Cc2ccco2)c2ncnc(NCC(O)C(C)C)c12. The zero-order valence-electron chi connectivity index (χ0n) is 14.6. The number of aliphatic hydroxyl groups excluding tert-OH is 1. The highest BCUT2D eigenvalue weighted by atomic mass is 16.3. The van der Waals surface area contributed by atoms with Gasteiger partial charge in [-0.15, -0.1) is 0 Å². The smallest absolute Gasteiger partial charge is 0.146 e. The van der Waals surface area contributed by atoms with Crippen molar-refractivity contribution in [3.05, 3.63) is 41.7 Å². The number of aromatic nitrogens is 3. The zero-order chi connectivity index (χ0) is 17.3. The summed E-state index contributed by atoms with van der Waals surface area (Å²) < 4.78 is 7.61. The van der Waals surface area contributed by atoms with Crippen LogP contribution < -0.4 is 5.32 Å². The Labute approximate surface area is 141 Å². The lowest BCUT2D eigenvalue weighted by Gasteiger charge is -2.16. The second-order valence-electron chi connectivity index (χ2n) is 6.49. The first-order chi connectivity index (χ1) is 11.5. The van der Waals surface area contributed by atoms with Gasteiger partial charge in [0, 0.05) is 12.2 Å². The van der Waals surface area contributed by atoms with Crippen LogP contribution in [0.5, 0.6) is 0 Å². The average molecular weight is 328 g/mol. The van der Waals surface area contributed by atoms with Gasteiger partial charge in [-0.2, -0.15) is 0 Å². The number of hydrogen-bond donors (Lipinski definition) is 2. The second-order valence-corrected chi connectivity index (χ2v) is 6.49. The molecule has 0 radical (unpaired) electrons. The van der Waals surface area contributed by atoms with Crippen LogP contribution in [-0.2, 0) is 6.54 Å². The maximum atomic E-state index is 10.0. The molecule has 24 heavy (non-hydrogen) atoms. The van der Waals surface area contributed by atoms with Crippen molar-refractivity contribution < 1.29 is 9.52 Å². The van der Waals surface area contributed by atoms with Crippen LogP contribution in [0, 0.1) is 19.8 Å². The van der Waals surface area contributed by atoms with Gasteiger partial charge in [0.05, 0.1) is 24.3 Å². The fourth-order valence-electron chi connectivity index (χ4n) is 2.79. The summed E-state index contributed by atoms with van der Waals surface area (Å²) in [7, 11) is 0. The van der Waals surface area contributed by atoms with Gasteiger partial charge in [0.15, 0.2) is 0 Å². The number of anilines is 1. The van der Waals surface area contributed by atoms with Crippen LogP contribution in [-0.4, -0.2) is 32.3 Å². The summed E-state index contributed by atoms with van der Waals surface area (Å²) in [6.45, 7) is 9.24. The number of aryl methyl sites for hydroxylation is 1. The van der Waals surface area contributed by atoms with Gasteiger partial charge in [-0.05, 0) is 37.5 Å². The first-order valence-corrected chi connectivity index (χ1v) is 8.23. The number of nitrogens with one attached hydrogen (secondary N) is 1. The third kappa shape index (κ3) is 3.01. The van der Waals surface area contributed by atoms with Gasteiger partial charge in [-0.25, -0.2) is 9.97 Å². The van der Waals surface area contributed by atoms with Gasteiger partial charge in [0.1, 0.15) is 23.6 Å². The van der Waals surface area contributed by atoms with Crippen molar-refractivity contribution in [1.82, 2.24) is 14.5 Å². The molecule has 6 heteroatoms. The summed E-state index contributed by atoms with van der Waals surface area (Å²) in [5, 5.41) is 14.3. The lowest BCUT2D eigenvalue weighted by Crippen LogP contribution is -2.25. The van der Waals surface area contributed by atoms with E-state index in [0.717, 1.165) is 33.9 Å². The Kier molecular flexibility index (Phi) is 4.57. The minimum Gasteiger partial charge on any atom is -0.467 e. The summed E-state index contributed by atoms with van der Waals surface area (Å²) >= 11 is 0. The first-order valence-electron chi connectivity index (χ1n) is 8.23. The standard InChI is InChI=1S/C18H24N4O2/c1-11(2)15(23)8-19-17-16-12(3)13(4)22(18(16)21-10-20-17)9-14-6-5-7-24-14/h5-7,10-11,15,23H,8-9H2,1-4H3,(H,19,20,21). The fraction of sp³-hybridized carbons (Fsp3) is 0.444. The molecule has 0 aromatic carbocycles. The Morgan fingerprint density at radius 3 is 2.75 bits per heavy atom. The number of aliphatic hydroxyl groups is 1. The third-order valence-electron chi connectivity index (χ3n) is 4.55. The van der Waals surface area contributed by atoms with Crippen molar-refractivity contribution in [3.63, 3.8) is 0 Å². The van der Waals surface area contributed by atoms with Gasteiger partial charge < -0.3 is 19.4 Å². The summed E-state index contributed by atoms with van der Waals surface area (Å²) in [4.78, 5) is 8.85. The Hall–Kier alpha value is -2.34. The van der Waals surface area contributed by atoms with E-state index < -0.39 is 6.10 Å². The highest BCUT2D eigenvalue weighted by Gasteiger charge is 2.18. The van der Waals surface area contributed by atoms with Crippen molar-refractivity contribution in [2.24, 2.45) is 5.92 Å². The lowest BCUT2D eigenvalue weighted by molar-refractivity contribution is 0.138. The van der Waals surface area contributed by atoms with Gasteiger partial charge in [0.2, 0.25) is 0 Å². The number of fused-ring (bicyclic) bond motifs is 1. The quantitative estimate of drug-likeness (QED) is 0.727. The summed E-state index contributed by atoms with van der Waals surface area (Å²) in [5.41, 5.74) is 3.14. The molecule has 0 aliphatic heterocycles. The first kappa shape index (κ1) is 16.5. The van der Waals surface area contributed by atoms with Crippen LogP contribution in [0.3, 0.4) is 0 Å². The number of hydrogen-bond acceptors (Lipinski definition) is 5. The van der Waals surface area contributed by atoms with Crippen molar-refractivity contribution in [1.29, 1.82) is 0 Å². The highest BCUT2D eigenvalue weighted by Crippen LogP contribution is 2.29. The number of nitrogens with zero attached hydrogens (tertiary/aromatic N) is 3. The highest BCUT2D eigenvalue weighted by molar-refractivity contribution is 5.91. The van der Waals surface area contributed by atoms with E-state index in [-0.39, 0.29) is 5.92 Å². The van der Waals surface area contributed by atoms with Crippen LogP contribution in [0.2, 0.25) is 0 Å². The molecule has 2 N–H and O–H groups in total. The number of furan rings is 1. The molecule has 0 bridgehead atoms. The van der Waals surface area contributed by atoms with E-state index in [1.165, 1.54) is 0 Å². The predicted molar refractivity (Wildman–Crippen MR) is 94.1 cm³/mol. The molecule has 3 aromatic heterocycles. The van der Waals surface area contributed by atoms with Crippen molar-refractivity contribution in [2.45, 2.75) is 40.3 Å². The van der Waals surface area contributed by atoms with Gasteiger partial charge in [0.25, 0.3) is 0 Å². The zero-order valence-corrected chi connectivity index (χ0v) is 14.6. The summed E-state index contributed by atoms with van der Waals surface area (Å²) in [6.07, 6.45) is 2.82. The minimum absolute atomic E-state index is 0.196. The summed E-state index contributed by atoms with van der Waals surface area (Å²) in [5.74, 6) is 1.85. The molecule has 1 unspecified atom stereocenters. The van der Waals surface area contributed by atoms with E-state index in [2.05, 4.69) is 33.7 Å². The molecule has 6 nitrogen and oxygen atoms in total. The van der Waals surface area contributed by atoms with Gasteiger partial charge in [-0.3, -0.25) is 0 Å². The molecule has 3 rings (SSSR count). The molecule has 1 atom stereocenters. The molecule has 0 saturated heterocycles. The van der Waals surface area contributed by atoms with E-state index in [1.807, 2.05) is 26.0 Å². The fourth-order valence-corrected chi connectivity index (χ4v) is 2.79. The molecular formula is C18H24N4O2. The topological polar surface area (TPSA) is 76.1 Å². The van der Waals surface area contributed by atoms with Crippen LogP contribution in [0.1, 0.15) is 30.9 Å². The molecule has 128 valence electrons. The Bertz CT molecular complexity index is 821. The van der Waals surface area contributed by atoms with E-state index >= 15 is 0 Å². The maximum Gasteiger partial charge on any atom is 0.146 e. The molecule has 0 saturated carbocycles. The van der Waals surface area contributed by atoms with Gasteiger partial charge >= 0.3 is 0 Å². The van der Waals surface area contributed by atoms with Gasteiger partial charge in [-0.1, -0.05) is 13.8 Å². The molecule has 0 spiro atoms. The third-order valence-corrected chi connectivity index (χ3v) is 4.55. The van der Waals surface area contributed by atoms with E-state index in [1.54, 1.807) is 12.6 Å². The molecule has 0 amide bonds. The lowest BCUT2D eigenvalue weighted by atomic mass is 10.1. The van der Waals surface area contributed by atoms with E-state index in [9.17, 15) is 5.11 Å². The maximum absolute atomic E-state index is 10.0. The van der Waals surface area contributed by atoms with E-state index in [4.69, 9.17) is 4.42 Å². The van der Waals surface area contributed by atoms with Crippen LogP contribution in [0.25, 0.3) is 11.0 Å². The second kappa shape index (κ2) is 6.65. The molecular weight excluding hydrogens is 304 g/mol. The average Bonchev–Trinajstić information content (AvgIpc) is 3.16. The largest absolute Gasteiger partial charge is 0.467 e. The van der Waals surface area contributed by atoms with Crippen LogP contribution in [0.4, 0.5) is 5.82 Å². The van der Waals surface area contributed by atoms with E-state index in [0.29, 0.717) is 13.1 Å². The molecule has 3 aromatic rings. The van der Waals surface area contributed by atoms with Crippen molar-refractivity contribution in [3.8, 4) is 0 Å². The van der Waals surface area contributed by atoms with Crippen molar-refractivity contribution >= 4 is 16.9 Å². The normalized spacial score (nSPS) is 12.9. The predicted octanol–water partition coefficient (Wildman–Crippen LogP) is 3.12. The Morgan fingerprint density at radius 2 is 2.08 bits per heavy atom. The monoisotopic (exact) mass is 328 g/mol. The minimum atomic E-state index is -0.415. The summed E-state index contributed by atoms with van der Waals surface area (Å²) in [6, 6.07) is 3.85. The molecule has 0 fully saturated rings. The number of rotatable bonds is 6. The molecule has 0 aliphatic carbocycles.